The Hall–Kier alpha value is -1.70. The molecule has 0 aliphatic heterocycles. The molecule has 0 fully saturated rings. The summed E-state index contributed by atoms with van der Waals surface area (Å²) in [6.45, 7) is 9.38. The van der Waals surface area contributed by atoms with Crippen LogP contribution in [0, 0.1) is 6.92 Å². The van der Waals surface area contributed by atoms with E-state index < -0.39 is 15.6 Å². The Kier molecular flexibility index (Phi) is 5.71. The maximum absolute atomic E-state index is 12.4. The van der Waals surface area contributed by atoms with E-state index in [4.69, 9.17) is 0 Å². The third kappa shape index (κ3) is 5.14. The highest BCUT2D eigenvalue weighted by molar-refractivity contribution is 7.89. The molecule has 5 nitrogen and oxygen atoms in total. The smallest absolute Gasteiger partial charge is 0.265 e. The summed E-state index contributed by atoms with van der Waals surface area (Å²) in [5, 5.41) is 2.78. The first-order valence-electron chi connectivity index (χ1n) is 8.06. The number of thiophene rings is 1. The maximum Gasteiger partial charge on any atom is 0.265 e. The van der Waals surface area contributed by atoms with Gasteiger partial charge in [0.2, 0.25) is 10.0 Å². The van der Waals surface area contributed by atoms with E-state index in [-0.39, 0.29) is 10.8 Å². The Balaban J connectivity index is 2.22. The van der Waals surface area contributed by atoms with Crippen LogP contribution < -0.4 is 10.0 Å². The molecule has 136 valence electrons. The summed E-state index contributed by atoms with van der Waals surface area (Å²) in [6, 6.07) is 8.15. The normalized spacial score (nSPS) is 12.2. The largest absolute Gasteiger partial charge is 0.321 e. The molecule has 0 bridgehead atoms. The molecule has 7 heteroatoms. The van der Waals surface area contributed by atoms with Crippen molar-refractivity contribution in [2.75, 3.05) is 5.32 Å². The lowest BCUT2D eigenvalue weighted by Crippen LogP contribution is -2.40. The number of amides is 1. The number of carbonyl (C=O) groups excluding carboxylic acids is 1. The van der Waals surface area contributed by atoms with Crippen molar-refractivity contribution in [2.45, 2.75) is 51.5 Å². The molecule has 1 aromatic carbocycles. The number of benzene rings is 1. The van der Waals surface area contributed by atoms with Crippen molar-refractivity contribution in [1.82, 2.24) is 4.72 Å². The highest BCUT2D eigenvalue weighted by Gasteiger charge is 2.22. The minimum Gasteiger partial charge on any atom is -0.321 e. The summed E-state index contributed by atoms with van der Waals surface area (Å²) in [4.78, 5) is 14.3. The number of hydrogen-bond donors (Lipinski definition) is 2. The monoisotopic (exact) mass is 380 g/mol. The van der Waals surface area contributed by atoms with E-state index in [1.165, 1.54) is 23.5 Å². The van der Waals surface area contributed by atoms with E-state index in [0.717, 1.165) is 16.9 Å². The first kappa shape index (κ1) is 19.6. The zero-order valence-electron chi connectivity index (χ0n) is 15.1. The van der Waals surface area contributed by atoms with Crippen LogP contribution in [-0.4, -0.2) is 19.9 Å². The second-order valence-electron chi connectivity index (χ2n) is 6.88. The van der Waals surface area contributed by atoms with E-state index in [1.807, 2.05) is 19.9 Å². The van der Waals surface area contributed by atoms with Gasteiger partial charge in [-0.05, 0) is 63.9 Å². The SMILES string of the molecule is CCc1cc(C(=O)Nc2cccc(S(=O)(=O)NC(C)(C)C)c2)sc1C. The van der Waals surface area contributed by atoms with E-state index in [2.05, 4.69) is 10.0 Å². The zero-order chi connectivity index (χ0) is 18.8. The van der Waals surface area contributed by atoms with Crippen LogP contribution in [0.5, 0.6) is 0 Å². The Morgan fingerprint density at radius 2 is 1.88 bits per heavy atom. The summed E-state index contributed by atoms with van der Waals surface area (Å²) in [7, 11) is -3.65. The lowest BCUT2D eigenvalue weighted by Gasteiger charge is -2.20. The summed E-state index contributed by atoms with van der Waals surface area (Å²) in [5.41, 5.74) is 1.02. The fraction of sp³-hybridized carbons (Fsp3) is 0.389. The molecule has 0 radical (unpaired) electrons. The molecule has 0 aliphatic rings. The number of carbonyl (C=O) groups is 1. The molecule has 1 heterocycles. The fourth-order valence-electron chi connectivity index (χ4n) is 2.38. The first-order chi connectivity index (χ1) is 11.5. The van der Waals surface area contributed by atoms with Crippen LogP contribution in [0.4, 0.5) is 5.69 Å². The molecule has 1 aromatic heterocycles. The minimum atomic E-state index is -3.65. The highest BCUT2D eigenvalue weighted by Crippen LogP contribution is 2.24. The highest BCUT2D eigenvalue weighted by atomic mass is 32.2. The lowest BCUT2D eigenvalue weighted by atomic mass is 10.1. The van der Waals surface area contributed by atoms with Gasteiger partial charge < -0.3 is 5.32 Å². The average molecular weight is 381 g/mol. The van der Waals surface area contributed by atoms with Crippen molar-refractivity contribution in [3.8, 4) is 0 Å². The van der Waals surface area contributed by atoms with E-state index >= 15 is 0 Å². The molecule has 2 rings (SSSR count). The fourth-order valence-corrected chi connectivity index (χ4v) is 4.85. The van der Waals surface area contributed by atoms with Gasteiger partial charge in [0, 0.05) is 16.1 Å². The molecular formula is C18H24N2O3S2. The molecule has 0 saturated heterocycles. The number of rotatable bonds is 5. The molecule has 0 unspecified atom stereocenters. The lowest BCUT2D eigenvalue weighted by molar-refractivity contribution is 0.103. The van der Waals surface area contributed by atoms with E-state index in [0.29, 0.717) is 10.6 Å². The molecule has 1 amide bonds. The van der Waals surface area contributed by atoms with Gasteiger partial charge >= 0.3 is 0 Å². The number of sulfonamides is 1. The second kappa shape index (κ2) is 7.27. The van der Waals surface area contributed by atoms with Crippen LogP contribution >= 0.6 is 11.3 Å². The predicted molar refractivity (Wildman–Crippen MR) is 103 cm³/mol. The quantitative estimate of drug-likeness (QED) is 0.825. The number of anilines is 1. The molecule has 0 saturated carbocycles. The van der Waals surface area contributed by atoms with E-state index in [1.54, 1.807) is 32.9 Å². The van der Waals surface area contributed by atoms with Crippen molar-refractivity contribution in [1.29, 1.82) is 0 Å². The zero-order valence-corrected chi connectivity index (χ0v) is 16.8. The average Bonchev–Trinajstić information content (AvgIpc) is 2.86. The molecular weight excluding hydrogens is 356 g/mol. The predicted octanol–water partition coefficient (Wildman–Crippen LogP) is 3.95. The van der Waals surface area contributed by atoms with Gasteiger partial charge in [-0.25, -0.2) is 13.1 Å². The Morgan fingerprint density at radius 1 is 1.20 bits per heavy atom. The molecule has 2 N–H and O–H groups in total. The maximum atomic E-state index is 12.4. The van der Waals surface area contributed by atoms with Crippen LogP contribution in [-0.2, 0) is 16.4 Å². The number of hydrogen-bond acceptors (Lipinski definition) is 4. The Morgan fingerprint density at radius 3 is 2.44 bits per heavy atom. The summed E-state index contributed by atoms with van der Waals surface area (Å²) in [5.74, 6) is -0.230. The Bertz CT molecular complexity index is 878. The van der Waals surface area contributed by atoms with Gasteiger partial charge in [0.05, 0.1) is 9.77 Å². The molecule has 25 heavy (non-hydrogen) atoms. The van der Waals surface area contributed by atoms with Crippen molar-refractivity contribution in [3.63, 3.8) is 0 Å². The van der Waals surface area contributed by atoms with Crippen molar-refractivity contribution in [3.05, 3.63) is 45.6 Å². The Labute approximate surface area is 153 Å². The van der Waals surface area contributed by atoms with Crippen molar-refractivity contribution >= 4 is 33.0 Å². The van der Waals surface area contributed by atoms with E-state index in [9.17, 15) is 13.2 Å². The van der Waals surface area contributed by atoms with Gasteiger partial charge in [-0.15, -0.1) is 11.3 Å². The van der Waals surface area contributed by atoms with Crippen LogP contribution in [0.15, 0.2) is 35.2 Å². The third-order valence-corrected chi connectivity index (χ3v) is 6.32. The number of aryl methyl sites for hydroxylation is 2. The van der Waals surface area contributed by atoms with Crippen molar-refractivity contribution < 1.29 is 13.2 Å². The summed E-state index contributed by atoms with van der Waals surface area (Å²) >= 11 is 1.44. The van der Waals surface area contributed by atoms with Gasteiger partial charge in [0.25, 0.3) is 5.91 Å². The first-order valence-corrected chi connectivity index (χ1v) is 10.4. The van der Waals surface area contributed by atoms with Gasteiger partial charge in [-0.2, -0.15) is 0 Å². The third-order valence-electron chi connectivity index (χ3n) is 3.47. The summed E-state index contributed by atoms with van der Waals surface area (Å²) < 4.78 is 27.4. The molecule has 2 aromatic rings. The van der Waals surface area contributed by atoms with Gasteiger partial charge in [-0.1, -0.05) is 13.0 Å². The summed E-state index contributed by atoms with van der Waals surface area (Å²) in [6.07, 6.45) is 0.877. The van der Waals surface area contributed by atoms with Gasteiger partial charge in [0.15, 0.2) is 0 Å². The van der Waals surface area contributed by atoms with Crippen LogP contribution in [0.2, 0.25) is 0 Å². The minimum absolute atomic E-state index is 0.122. The molecule has 0 atom stereocenters. The van der Waals surface area contributed by atoms with Gasteiger partial charge in [0.1, 0.15) is 0 Å². The molecule has 0 aliphatic carbocycles. The van der Waals surface area contributed by atoms with Gasteiger partial charge in [-0.3, -0.25) is 4.79 Å². The van der Waals surface area contributed by atoms with Crippen LogP contribution in [0.1, 0.15) is 47.8 Å². The van der Waals surface area contributed by atoms with Crippen LogP contribution in [0.3, 0.4) is 0 Å². The standard InChI is InChI=1S/C18H24N2O3S2/c1-6-13-10-16(24-12(13)2)17(21)19-14-8-7-9-15(11-14)25(22,23)20-18(3,4)5/h7-11,20H,6H2,1-5H3,(H,19,21). The van der Waals surface area contributed by atoms with Crippen LogP contribution in [0.25, 0.3) is 0 Å². The second-order valence-corrected chi connectivity index (χ2v) is 9.82. The van der Waals surface area contributed by atoms with Crippen molar-refractivity contribution in [2.24, 2.45) is 0 Å². The molecule has 0 spiro atoms. The topological polar surface area (TPSA) is 75.3 Å². The number of nitrogens with one attached hydrogen (secondary N) is 2.